The number of benzene rings is 1. The topological polar surface area (TPSA) is 51.8 Å². The molecule has 106 valence electrons. The summed E-state index contributed by atoms with van der Waals surface area (Å²) in [5.41, 5.74) is 12.6. The van der Waals surface area contributed by atoms with Crippen LogP contribution in [0.1, 0.15) is 34.3 Å². The lowest BCUT2D eigenvalue weighted by Crippen LogP contribution is -2.14. The molecule has 0 aliphatic carbocycles. The van der Waals surface area contributed by atoms with Gasteiger partial charge in [-0.15, -0.1) is 0 Å². The smallest absolute Gasteiger partial charge is 0.0705 e. The van der Waals surface area contributed by atoms with Gasteiger partial charge in [-0.3, -0.25) is 9.97 Å². The van der Waals surface area contributed by atoms with Gasteiger partial charge >= 0.3 is 0 Å². The van der Waals surface area contributed by atoms with Crippen LogP contribution in [0.15, 0.2) is 42.5 Å². The van der Waals surface area contributed by atoms with Crippen molar-refractivity contribution in [3.05, 3.63) is 70.7 Å². The first-order chi connectivity index (χ1) is 10.0. The fraction of sp³-hybridized carbons (Fsp3) is 0.222. The van der Waals surface area contributed by atoms with Crippen molar-refractivity contribution in [2.24, 2.45) is 5.73 Å². The molecule has 3 aromatic rings. The molecule has 1 unspecified atom stereocenters. The molecule has 0 amide bonds. The van der Waals surface area contributed by atoms with Crippen LogP contribution in [-0.2, 0) is 0 Å². The molecule has 0 saturated heterocycles. The summed E-state index contributed by atoms with van der Waals surface area (Å²) in [5, 5.41) is 1.12. The van der Waals surface area contributed by atoms with E-state index in [0.29, 0.717) is 0 Å². The van der Waals surface area contributed by atoms with Crippen molar-refractivity contribution in [2.45, 2.75) is 26.8 Å². The second-order valence-electron chi connectivity index (χ2n) is 5.51. The van der Waals surface area contributed by atoms with Gasteiger partial charge < -0.3 is 5.73 Å². The number of hydrogen-bond acceptors (Lipinski definition) is 3. The van der Waals surface area contributed by atoms with E-state index < -0.39 is 0 Å². The fourth-order valence-corrected chi connectivity index (χ4v) is 2.64. The highest BCUT2D eigenvalue weighted by atomic mass is 14.7. The molecular weight excluding hydrogens is 258 g/mol. The van der Waals surface area contributed by atoms with Crippen LogP contribution in [0.25, 0.3) is 10.9 Å². The molecular formula is C18H19N3. The van der Waals surface area contributed by atoms with Crippen molar-refractivity contribution in [1.82, 2.24) is 9.97 Å². The lowest BCUT2D eigenvalue weighted by atomic mass is 9.97. The maximum atomic E-state index is 6.43. The number of rotatable bonds is 2. The van der Waals surface area contributed by atoms with Crippen LogP contribution in [0.4, 0.5) is 0 Å². The van der Waals surface area contributed by atoms with Crippen molar-refractivity contribution in [2.75, 3.05) is 0 Å². The Bertz CT molecular complexity index is 809. The molecule has 0 fully saturated rings. The van der Waals surface area contributed by atoms with Gasteiger partial charge in [-0.1, -0.05) is 18.2 Å². The van der Waals surface area contributed by atoms with Gasteiger partial charge in [0.15, 0.2) is 0 Å². The molecule has 2 aromatic heterocycles. The highest BCUT2D eigenvalue weighted by Gasteiger charge is 2.13. The highest BCUT2D eigenvalue weighted by molar-refractivity contribution is 5.79. The third-order valence-electron chi connectivity index (χ3n) is 3.81. The summed E-state index contributed by atoms with van der Waals surface area (Å²) >= 11 is 0. The lowest BCUT2D eigenvalue weighted by molar-refractivity contribution is 0.845. The average molecular weight is 277 g/mol. The molecule has 0 aliphatic rings. The summed E-state index contributed by atoms with van der Waals surface area (Å²) in [6, 6.07) is 14.2. The van der Waals surface area contributed by atoms with Gasteiger partial charge in [0.05, 0.1) is 11.6 Å². The monoisotopic (exact) mass is 277 g/mol. The van der Waals surface area contributed by atoms with Crippen LogP contribution >= 0.6 is 0 Å². The number of nitrogens with two attached hydrogens (primary N) is 1. The normalized spacial score (nSPS) is 12.6. The largest absolute Gasteiger partial charge is 0.320 e. The maximum absolute atomic E-state index is 6.43. The number of aryl methyl sites for hydroxylation is 3. The molecule has 0 saturated carbocycles. The predicted octanol–water partition coefficient (Wildman–Crippen LogP) is 3.60. The number of pyridine rings is 2. The van der Waals surface area contributed by atoms with Gasteiger partial charge in [-0.25, -0.2) is 0 Å². The van der Waals surface area contributed by atoms with Crippen LogP contribution in [0.5, 0.6) is 0 Å². The van der Waals surface area contributed by atoms with Crippen molar-refractivity contribution in [1.29, 1.82) is 0 Å². The van der Waals surface area contributed by atoms with E-state index in [1.807, 2.05) is 39.0 Å². The van der Waals surface area contributed by atoms with Crippen LogP contribution < -0.4 is 5.73 Å². The van der Waals surface area contributed by atoms with Gasteiger partial charge in [0.25, 0.3) is 0 Å². The molecule has 0 spiro atoms. The van der Waals surface area contributed by atoms with Crippen molar-refractivity contribution < 1.29 is 0 Å². The Hall–Kier alpha value is -2.26. The summed E-state index contributed by atoms with van der Waals surface area (Å²) in [6.07, 6.45) is 0. The summed E-state index contributed by atoms with van der Waals surface area (Å²) < 4.78 is 0. The Balaban J connectivity index is 2.04. The second-order valence-corrected chi connectivity index (χ2v) is 5.51. The third kappa shape index (κ3) is 2.65. The maximum Gasteiger partial charge on any atom is 0.0705 e. The number of nitrogens with zero attached hydrogens (tertiary/aromatic N) is 2. The fourth-order valence-electron chi connectivity index (χ4n) is 2.64. The molecule has 1 aromatic carbocycles. The molecule has 21 heavy (non-hydrogen) atoms. The molecule has 3 heteroatoms. The average Bonchev–Trinajstić information content (AvgIpc) is 2.46. The minimum absolute atomic E-state index is 0.163. The first-order valence-corrected chi connectivity index (χ1v) is 7.11. The van der Waals surface area contributed by atoms with E-state index in [1.165, 1.54) is 0 Å². The van der Waals surface area contributed by atoms with Crippen LogP contribution in [0, 0.1) is 20.8 Å². The Morgan fingerprint density at radius 1 is 0.857 bits per heavy atom. The summed E-state index contributed by atoms with van der Waals surface area (Å²) in [6.45, 7) is 6.00. The van der Waals surface area contributed by atoms with Gasteiger partial charge in [-0.2, -0.15) is 0 Å². The number of aromatic nitrogens is 2. The van der Waals surface area contributed by atoms with E-state index in [2.05, 4.69) is 34.2 Å². The zero-order chi connectivity index (χ0) is 15.0. The van der Waals surface area contributed by atoms with E-state index in [-0.39, 0.29) is 6.04 Å². The van der Waals surface area contributed by atoms with E-state index >= 15 is 0 Å². The predicted molar refractivity (Wildman–Crippen MR) is 86.2 cm³/mol. The summed E-state index contributed by atoms with van der Waals surface area (Å²) in [5.74, 6) is 0. The first kappa shape index (κ1) is 13.7. The van der Waals surface area contributed by atoms with Crippen LogP contribution in [0.2, 0.25) is 0 Å². The Kier molecular flexibility index (Phi) is 3.43. The van der Waals surface area contributed by atoms with Crippen molar-refractivity contribution in [3.63, 3.8) is 0 Å². The molecule has 0 aliphatic heterocycles. The van der Waals surface area contributed by atoms with E-state index in [1.54, 1.807) is 0 Å². The highest BCUT2D eigenvalue weighted by Crippen LogP contribution is 2.25. The minimum atomic E-state index is -0.163. The zero-order valence-electron chi connectivity index (χ0n) is 12.6. The molecule has 0 bridgehead atoms. The van der Waals surface area contributed by atoms with Gasteiger partial charge in [0.1, 0.15) is 0 Å². The zero-order valence-corrected chi connectivity index (χ0v) is 12.6. The molecule has 2 N–H and O–H groups in total. The first-order valence-electron chi connectivity index (χ1n) is 7.11. The Morgan fingerprint density at radius 3 is 2.33 bits per heavy atom. The van der Waals surface area contributed by atoms with E-state index in [4.69, 9.17) is 5.73 Å². The quantitative estimate of drug-likeness (QED) is 0.778. The molecule has 1 atom stereocenters. The van der Waals surface area contributed by atoms with E-state index in [9.17, 15) is 0 Å². The summed E-state index contributed by atoms with van der Waals surface area (Å²) in [4.78, 5) is 9.03. The standard InChI is InChI=1S/C18H19N3/c1-11-5-8-16(13(3)20-11)18(19)15-7-9-17-14(10-15)6-4-12(2)21-17/h4-10,18H,19H2,1-3H3. The summed E-state index contributed by atoms with van der Waals surface area (Å²) in [7, 11) is 0. The van der Waals surface area contributed by atoms with Crippen LogP contribution in [0.3, 0.4) is 0 Å². The number of fused-ring (bicyclic) bond motifs is 1. The minimum Gasteiger partial charge on any atom is -0.320 e. The Labute approximate surface area is 124 Å². The number of hydrogen-bond donors (Lipinski definition) is 1. The van der Waals surface area contributed by atoms with Crippen molar-refractivity contribution in [3.8, 4) is 0 Å². The van der Waals surface area contributed by atoms with Gasteiger partial charge in [0.2, 0.25) is 0 Å². The third-order valence-corrected chi connectivity index (χ3v) is 3.81. The van der Waals surface area contributed by atoms with Crippen molar-refractivity contribution >= 4 is 10.9 Å². The van der Waals surface area contributed by atoms with Gasteiger partial charge in [0, 0.05) is 22.5 Å². The van der Waals surface area contributed by atoms with E-state index in [0.717, 1.165) is 39.1 Å². The molecule has 2 heterocycles. The van der Waals surface area contributed by atoms with Crippen LogP contribution in [-0.4, -0.2) is 9.97 Å². The SMILES string of the molecule is Cc1ccc(C(N)c2ccc3nc(C)ccc3c2)c(C)n1. The second kappa shape index (κ2) is 5.26. The van der Waals surface area contributed by atoms with Gasteiger partial charge in [-0.05, 0) is 56.2 Å². The molecule has 0 radical (unpaired) electrons. The lowest BCUT2D eigenvalue weighted by Gasteiger charge is -2.15. The Morgan fingerprint density at radius 2 is 1.57 bits per heavy atom. The molecule has 3 rings (SSSR count). The molecule has 3 nitrogen and oxygen atoms in total.